The Kier molecular flexibility index (Phi) is 2.36. The van der Waals surface area contributed by atoms with Crippen molar-refractivity contribution in [2.45, 2.75) is 17.3 Å². The summed E-state index contributed by atoms with van der Waals surface area (Å²) in [4.78, 5) is 3.94. The summed E-state index contributed by atoms with van der Waals surface area (Å²) in [6, 6.07) is 0. The van der Waals surface area contributed by atoms with E-state index in [0.29, 0.717) is 5.16 Å². The molecule has 1 aliphatic rings. The zero-order valence-electron chi connectivity index (χ0n) is 7.47. The third-order valence-corrected chi connectivity index (χ3v) is 4.89. The molecule has 2 heterocycles. The van der Waals surface area contributed by atoms with Crippen LogP contribution in [0.3, 0.4) is 0 Å². The van der Waals surface area contributed by atoms with Crippen molar-refractivity contribution in [3.8, 4) is 0 Å². The largest absolute Gasteiger partial charge is 0.254 e. The highest BCUT2D eigenvalue weighted by molar-refractivity contribution is 8.02. The summed E-state index contributed by atoms with van der Waals surface area (Å²) in [6.45, 7) is 1.82. The number of thioether (sulfide) groups is 1. The molecule has 0 aromatic carbocycles. The van der Waals surface area contributed by atoms with E-state index in [1.807, 2.05) is 6.92 Å². The minimum atomic E-state index is -2.99. The molecule has 2 rings (SSSR count). The van der Waals surface area contributed by atoms with E-state index in [9.17, 15) is 8.42 Å². The number of hydrogen-bond donors (Lipinski definition) is 1. The average Bonchev–Trinajstić information content (AvgIpc) is 2.61. The summed E-state index contributed by atoms with van der Waals surface area (Å²) in [6.07, 6.45) is 1.41. The van der Waals surface area contributed by atoms with Gasteiger partial charge in [-0.1, -0.05) is 11.8 Å². The fraction of sp³-hybridized carbons (Fsp3) is 0.429. The molecule has 1 N–H and O–H groups in total. The molecule has 0 bridgehead atoms. The van der Waals surface area contributed by atoms with Crippen LogP contribution in [-0.4, -0.2) is 34.6 Å². The molecule has 0 amide bonds. The maximum Gasteiger partial charge on any atom is 0.184 e. The Hall–Kier alpha value is -0.820. The maximum atomic E-state index is 11.2. The summed E-state index contributed by atoms with van der Waals surface area (Å²) in [5, 5.41) is 8.34. The zero-order valence-corrected chi connectivity index (χ0v) is 9.10. The van der Waals surface area contributed by atoms with Crippen molar-refractivity contribution in [2.75, 3.05) is 5.75 Å². The molecule has 0 saturated carbocycles. The van der Waals surface area contributed by atoms with Crippen LogP contribution < -0.4 is 0 Å². The first-order valence-corrected chi connectivity index (χ1v) is 6.59. The minimum absolute atomic E-state index is 0.0343. The molecule has 1 aromatic heterocycles. The van der Waals surface area contributed by atoms with Crippen molar-refractivity contribution in [3.05, 3.63) is 17.3 Å². The summed E-state index contributed by atoms with van der Waals surface area (Å²) in [5.74, 6) is 0.157. The van der Waals surface area contributed by atoms with Gasteiger partial charge in [0.2, 0.25) is 0 Å². The zero-order chi connectivity index (χ0) is 10.2. The highest BCUT2D eigenvalue weighted by atomic mass is 32.2. The van der Waals surface area contributed by atoms with E-state index in [1.54, 1.807) is 0 Å². The number of aromatic nitrogens is 3. The first-order chi connectivity index (χ1) is 6.57. The average molecular weight is 231 g/mol. The molecule has 0 radical (unpaired) electrons. The Morgan fingerprint density at radius 2 is 2.43 bits per heavy atom. The lowest BCUT2D eigenvalue weighted by Crippen LogP contribution is -2.09. The molecular formula is C7H9N3O2S2. The molecule has 1 atom stereocenters. The van der Waals surface area contributed by atoms with Gasteiger partial charge in [0.1, 0.15) is 6.33 Å². The maximum absolute atomic E-state index is 11.2. The normalized spacial score (nSPS) is 24.9. The molecule has 1 aliphatic heterocycles. The van der Waals surface area contributed by atoms with E-state index in [2.05, 4.69) is 15.2 Å². The van der Waals surface area contributed by atoms with Gasteiger partial charge >= 0.3 is 0 Å². The van der Waals surface area contributed by atoms with Crippen molar-refractivity contribution < 1.29 is 8.42 Å². The second-order valence-electron chi connectivity index (χ2n) is 3.09. The lowest BCUT2D eigenvalue weighted by atomic mass is 10.3. The highest BCUT2D eigenvalue weighted by Gasteiger charge is 2.28. The van der Waals surface area contributed by atoms with Crippen molar-refractivity contribution in [3.63, 3.8) is 0 Å². The van der Waals surface area contributed by atoms with Crippen LogP contribution in [0.2, 0.25) is 0 Å². The summed E-state index contributed by atoms with van der Waals surface area (Å²) in [5.41, 5.74) is 0.867. The van der Waals surface area contributed by atoms with Gasteiger partial charge in [-0.3, -0.25) is 5.10 Å². The number of nitrogens with zero attached hydrogens (tertiary/aromatic N) is 2. The Morgan fingerprint density at radius 3 is 2.93 bits per heavy atom. The lowest BCUT2D eigenvalue weighted by molar-refractivity contribution is 0.606. The first-order valence-electron chi connectivity index (χ1n) is 4.00. The number of hydrogen-bond acceptors (Lipinski definition) is 5. The van der Waals surface area contributed by atoms with Crippen LogP contribution in [-0.2, 0) is 9.84 Å². The van der Waals surface area contributed by atoms with Gasteiger partial charge in [0.25, 0.3) is 0 Å². The fourth-order valence-corrected chi connectivity index (χ4v) is 4.44. The summed E-state index contributed by atoms with van der Waals surface area (Å²) < 4.78 is 22.5. The van der Waals surface area contributed by atoms with Crippen molar-refractivity contribution in [2.24, 2.45) is 0 Å². The molecule has 0 spiro atoms. The van der Waals surface area contributed by atoms with Crippen LogP contribution >= 0.6 is 11.8 Å². The predicted octanol–water partition coefficient (Wildman–Crippen LogP) is 0.598. The van der Waals surface area contributed by atoms with Gasteiger partial charge in [-0.05, 0) is 12.5 Å². The Bertz CT molecular complexity index is 449. The van der Waals surface area contributed by atoms with E-state index in [4.69, 9.17) is 0 Å². The van der Waals surface area contributed by atoms with Gasteiger partial charge in [0.15, 0.2) is 15.0 Å². The second kappa shape index (κ2) is 3.39. The molecule has 1 aromatic rings. The van der Waals surface area contributed by atoms with Gasteiger partial charge in [-0.25, -0.2) is 13.4 Å². The Labute approximate surface area is 85.9 Å². The Balaban J connectivity index is 2.13. The molecule has 14 heavy (non-hydrogen) atoms. The molecule has 0 fully saturated rings. The second-order valence-corrected chi connectivity index (χ2v) is 6.17. The molecule has 0 aliphatic carbocycles. The van der Waals surface area contributed by atoms with Gasteiger partial charge in [-0.15, -0.1) is 0 Å². The fourth-order valence-electron chi connectivity index (χ4n) is 1.26. The number of sulfone groups is 1. The van der Waals surface area contributed by atoms with Crippen molar-refractivity contribution in [1.82, 2.24) is 15.2 Å². The number of rotatable bonds is 2. The highest BCUT2D eigenvalue weighted by Crippen LogP contribution is 2.31. The van der Waals surface area contributed by atoms with E-state index in [-0.39, 0.29) is 11.0 Å². The quantitative estimate of drug-likeness (QED) is 0.806. The third-order valence-electron chi connectivity index (χ3n) is 1.90. The molecule has 76 valence electrons. The standard InChI is InChI=1S/C7H9N3O2S2/c1-5-2-14(11,12)3-6(5)13-7-8-4-9-10-7/h2,4,6H,3H2,1H3,(H,8,9,10)/t6-/m0/s1. The van der Waals surface area contributed by atoms with Gasteiger partial charge in [0, 0.05) is 10.7 Å². The molecule has 5 nitrogen and oxygen atoms in total. The van der Waals surface area contributed by atoms with Crippen LogP contribution in [0, 0.1) is 0 Å². The molecule has 7 heteroatoms. The van der Waals surface area contributed by atoms with E-state index in [1.165, 1.54) is 23.5 Å². The van der Waals surface area contributed by atoms with Crippen LogP contribution in [0.5, 0.6) is 0 Å². The molecule has 0 unspecified atom stereocenters. The minimum Gasteiger partial charge on any atom is -0.254 e. The van der Waals surface area contributed by atoms with E-state index < -0.39 is 9.84 Å². The number of nitrogens with one attached hydrogen (secondary N) is 1. The van der Waals surface area contributed by atoms with Gasteiger partial charge < -0.3 is 0 Å². The SMILES string of the molecule is CC1=CS(=O)(=O)C[C@@H]1Sc1ncn[nH]1. The molecule has 0 saturated heterocycles. The van der Waals surface area contributed by atoms with Gasteiger partial charge in [-0.2, -0.15) is 5.10 Å². The monoisotopic (exact) mass is 231 g/mol. The third kappa shape index (κ3) is 1.98. The van der Waals surface area contributed by atoms with Crippen LogP contribution in [0.4, 0.5) is 0 Å². The number of aromatic amines is 1. The lowest BCUT2D eigenvalue weighted by Gasteiger charge is -2.06. The topological polar surface area (TPSA) is 75.7 Å². The van der Waals surface area contributed by atoms with Crippen LogP contribution in [0.1, 0.15) is 6.92 Å². The first kappa shape index (κ1) is 9.72. The van der Waals surface area contributed by atoms with Crippen molar-refractivity contribution in [1.29, 1.82) is 0 Å². The van der Waals surface area contributed by atoms with E-state index in [0.717, 1.165) is 5.57 Å². The summed E-state index contributed by atoms with van der Waals surface area (Å²) >= 11 is 1.39. The predicted molar refractivity (Wildman–Crippen MR) is 53.6 cm³/mol. The van der Waals surface area contributed by atoms with Gasteiger partial charge in [0.05, 0.1) is 5.75 Å². The van der Waals surface area contributed by atoms with Crippen molar-refractivity contribution >= 4 is 21.6 Å². The number of H-pyrrole nitrogens is 1. The molecular weight excluding hydrogens is 222 g/mol. The van der Waals surface area contributed by atoms with Crippen LogP contribution in [0.25, 0.3) is 0 Å². The Morgan fingerprint density at radius 1 is 1.64 bits per heavy atom. The smallest absolute Gasteiger partial charge is 0.184 e. The summed E-state index contributed by atoms with van der Waals surface area (Å²) in [7, 11) is -2.99. The van der Waals surface area contributed by atoms with E-state index >= 15 is 0 Å². The van der Waals surface area contributed by atoms with Crippen LogP contribution in [0.15, 0.2) is 22.5 Å².